The lowest BCUT2D eigenvalue weighted by Crippen LogP contribution is -2.32. The van der Waals surface area contributed by atoms with Gasteiger partial charge >= 0.3 is 0 Å². The number of rotatable bonds is 9. The summed E-state index contributed by atoms with van der Waals surface area (Å²) in [6, 6.07) is 15.9. The zero-order chi connectivity index (χ0) is 25.0. The molecule has 0 aliphatic rings. The first-order valence-corrected chi connectivity index (χ1v) is 11.6. The van der Waals surface area contributed by atoms with Gasteiger partial charge in [0.25, 0.3) is 5.56 Å². The first kappa shape index (κ1) is 24.4. The maximum absolute atomic E-state index is 13.0. The Balaban J connectivity index is 1.65. The highest BCUT2D eigenvalue weighted by atomic mass is 16.5. The highest BCUT2D eigenvalue weighted by Gasteiger charge is 2.22. The van der Waals surface area contributed by atoms with Gasteiger partial charge in [-0.05, 0) is 55.3 Å². The molecule has 4 aromatic rings. The highest BCUT2D eigenvalue weighted by Crippen LogP contribution is 2.31. The van der Waals surface area contributed by atoms with Gasteiger partial charge in [0.2, 0.25) is 0 Å². The number of nitrogens with zero attached hydrogens (tertiary/aromatic N) is 5. The summed E-state index contributed by atoms with van der Waals surface area (Å²) in [5.74, 6) is 1.94. The Morgan fingerprint density at radius 3 is 2.40 bits per heavy atom. The van der Waals surface area contributed by atoms with Gasteiger partial charge in [0.1, 0.15) is 0 Å². The molecule has 4 rings (SSSR count). The third-order valence-corrected chi connectivity index (χ3v) is 5.91. The topological polar surface area (TPSA) is 98.2 Å². The van der Waals surface area contributed by atoms with Crippen LogP contribution < -0.4 is 15.0 Å². The Kier molecular flexibility index (Phi) is 7.16. The zero-order valence-corrected chi connectivity index (χ0v) is 20.9. The van der Waals surface area contributed by atoms with Gasteiger partial charge < -0.3 is 14.5 Å². The molecule has 0 aliphatic carbocycles. The van der Waals surface area contributed by atoms with E-state index in [1.807, 2.05) is 35.0 Å². The Morgan fingerprint density at radius 2 is 1.71 bits per heavy atom. The van der Waals surface area contributed by atoms with Crippen LogP contribution in [-0.4, -0.2) is 50.9 Å². The zero-order valence-electron chi connectivity index (χ0n) is 20.9. The molecular weight excluding hydrogens is 444 g/mol. The fraction of sp³-hybridized carbons (Fsp3) is 0.385. The third kappa shape index (κ3) is 5.68. The lowest BCUT2D eigenvalue weighted by molar-refractivity contribution is 0.234. The predicted octanol–water partition coefficient (Wildman–Crippen LogP) is 3.53. The molecule has 35 heavy (non-hydrogen) atoms. The summed E-state index contributed by atoms with van der Waals surface area (Å²) < 4.78 is 12.7. The van der Waals surface area contributed by atoms with Gasteiger partial charge in [-0.25, -0.2) is 4.68 Å². The van der Waals surface area contributed by atoms with Crippen LogP contribution in [0.15, 0.2) is 53.3 Å². The number of hydrogen-bond donors (Lipinski definition) is 1. The van der Waals surface area contributed by atoms with E-state index in [2.05, 4.69) is 58.3 Å². The van der Waals surface area contributed by atoms with Crippen molar-refractivity contribution in [3.63, 3.8) is 0 Å². The molecule has 2 aromatic heterocycles. The molecule has 2 heterocycles. The molecule has 9 heteroatoms. The van der Waals surface area contributed by atoms with Gasteiger partial charge in [-0.3, -0.25) is 9.69 Å². The molecule has 0 saturated heterocycles. The second-order valence-electron chi connectivity index (χ2n) is 9.54. The molecule has 0 radical (unpaired) electrons. The Hall–Kier alpha value is -3.72. The minimum Gasteiger partial charge on any atom is -0.493 e. The van der Waals surface area contributed by atoms with E-state index in [-0.39, 0.29) is 11.1 Å². The molecule has 0 unspecified atom stereocenters. The molecule has 0 bridgehead atoms. The van der Waals surface area contributed by atoms with E-state index >= 15 is 0 Å². The summed E-state index contributed by atoms with van der Waals surface area (Å²) in [5.41, 5.74) is 2.21. The van der Waals surface area contributed by atoms with Crippen LogP contribution in [0.4, 0.5) is 0 Å². The molecule has 2 aromatic carbocycles. The summed E-state index contributed by atoms with van der Waals surface area (Å²) in [4.78, 5) is 18.2. The van der Waals surface area contributed by atoms with Crippen molar-refractivity contribution in [2.75, 3.05) is 20.8 Å². The van der Waals surface area contributed by atoms with Crippen LogP contribution in [-0.2, 0) is 25.0 Å². The number of hydrogen-bond acceptors (Lipinski definition) is 7. The van der Waals surface area contributed by atoms with E-state index < -0.39 is 0 Å². The normalized spacial score (nSPS) is 11.8. The first-order valence-electron chi connectivity index (χ1n) is 11.6. The second kappa shape index (κ2) is 10.3. The summed E-state index contributed by atoms with van der Waals surface area (Å²) >= 11 is 0. The summed E-state index contributed by atoms with van der Waals surface area (Å²) in [6.45, 7) is 7.90. The van der Waals surface area contributed by atoms with Crippen molar-refractivity contribution in [1.29, 1.82) is 0 Å². The van der Waals surface area contributed by atoms with E-state index in [1.54, 1.807) is 20.3 Å². The van der Waals surface area contributed by atoms with Crippen LogP contribution >= 0.6 is 0 Å². The Morgan fingerprint density at radius 1 is 1.00 bits per heavy atom. The highest BCUT2D eigenvalue weighted by molar-refractivity contribution is 5.83. The SMILES string of the molecule is COc1cc2cc(CN(CCc3ccccc3)Cc3nnnn3C(C)(C)C)c(=O)[nH]c2cc1OC. The Labute approximate surface area is 204 Å². The van der Waals surface area contributed by atoms with Crippen LogP contribution in [0.5, 0.6) is 11.5 Å². The summed E-state index contributed by atoms with van der Waals surface area (Å²) in [5, 5.41) is 13.3. The van der Waals surface area contributed by atoms with Crippen LogP contribution in [0.1, 0.15) is 37.7 Å². The molecule has 0 spiro atoms. The lowest BCUT2D eigenvalue weighted by Gasteiger charge is -2.25. The number of benzene rings is 2. The molecule has 0 fully saturated rings. The summed E-state index contributed by atoms with van der Waals surface area (Å²) in [7, 11) is 3.17. The first-order chi connectivity index (χ1) is 16.8. The average Bonchev–Trinajstić information content (AvgIpc) is 3.31. The molecule has 1 N–H and O–H groups in total. The fourth-order valence-electron chi connectivity index (χ4n) is 4.11. The number of pyridine rings is 1. The van der Waals surface area contributed by atoms with Crippen molar-refractivity contribution >= 4 is 10.9 Å². The molecular formula is C26H32N6O3. The van der Waals surface area contributed by atoms with Crippen LogP contribution in [0.2, 0.25) is 0 Å². The minimum atomic E-state index is -0.250. The second-order valence-corrected chi connectivity index (χ2v) is 9.54. The number of methoxy groups -OCH3 is 2. The van der Waals surface area contributed by atoms with Crippen molar-refractivity contribution in [2.45, 2.75) is 45.8 Å². The third-order valence-electron chi connectivity index (χ3n) is 5.91. The molecule has 0 aliphatic heterocycles. The lowest BCUT2D eigenvalue weighted by atomic mass is 10.1. The van der Waals surface area contributed by atoms with Crippen LogP contribution in [0, 0.1) is 0 Å². The van der Waals surface area contributed by atoms with Gasteiger partial charge in [-0.2, -0.15) is 0 Å². The number of H-pyrrole nitrogens is 1. The summed E-state index contributed by atoms with van der Waals surface area (Å²) in [6.07, 6.45) is 0.842. The number of ether oxygens (including phenoxy) is 2. The maximum Gasteiger partial charge on any atom is 0.252 e. The quantitative estimate of drug-likeness (QED) is 0.395. The monoisotopic (exact) mass is 476 g/mol. The largest absolute Gasteiger partial charge is 0.493 e. The number of nitrogens with one attached hydrogen (secondary N) is 1. The van der Waals surface area contributed by atoms with E-state index in [0.29, 0.717) is 35.7 Å². The molecule has 184 valence electrons. The van der Waals surface area contributed by atoms with Gasteiger partial charge in [0, 0.05) is 30.1 Å². The predicted molar refractivity (Wildman–Crippen MR) is 135 cm³/mol. The van der Waals surface area contributed by atoms with E-state index in [9.17, 15) is 4.79 Å². The van der Waals surface area contributed by atoms with Gasteiger partial charge in [0.15, 0.2) is 17.3 Å². The molecule has 0 saturated carbocycles. The van der Waals surface area contributed by atoms with Crippen molar-refractivity contribution in [1.82, 2.24) is 30.1 Å². The minimum absolute atomic E-state index is 0.134. The van der Waals surface area contributed by atoms with Gasteiger partial charge in [-0.15, -0.1) is 5.10 Å². The van der Waals surface area contributed by atoms with Crippen molar-refractivity contribution in [3.05, 3.63) is 75.8 Å². The van der Waals surface area contributed by atoms with Crippen LogP contribution in [0.3, 0.4) is 0 Å². The standard InChI is InChI=1S/C26H32N6O3/c1-26(2,3)32-24(28-29-30-32)17-31(12-11-18-9-7-6-8-10-18)16-20-13-19-14-22(34-4)23(35-5)15-21(19)27-25(20)33/h6-10,13-15H,11-12,16-17H2,1-5H3,(H,27,33). The number of aromatic amines is 1. The molecule has 0 atom stereocenters. The fourth-order valence-corrected chi connectivity index (χ4v) is 4.11. The van der Waals surface area contributed by atoms with E-state index in [0.717, 1.165) is 24.2 Å². The van der Waals surface area contributed by atoms with Crippen molar-refractivity contribution in [2.24, 2.45) is 0 Å². The van der Waals surface area contributed by atoms with E-state index in [4.69, 9.17) is 9.47 Å². The number of aromatic nitrogens is 5. The van der Waals surface area contributed by atoms with Gasteiger partial charge in [-0.1, -0.05) is 30.3 Å². The number of tetrazole rings is 1. The van der Waals surface area contributed by atoms with E-state index in [1.165, 1.54) is 5.56 Å². The molecule has 9 nitrogen and oxygen atoms in total. The Bertz CT molecular complexity index is 1340. The van der Waals surface area contributed by atoms with Crippen molar-refractivity contribution < 1.29 is 9.47 Å². The van der Waals surface area contributed by atoms with Crippen molar-refractivity contribution in [3.8, 4) is 11.5 Å². The maximum atomic E-state index is 13.0. The van der Waals surface area contributed by atoms with Gasteiger partial charge in [0.05, 0.1) is 31.8 Å². The smallest absolute Gasteiger partial charge is 0.252 e. The van der Waals surface area contributed by atoms with Crippen LogP contribution in [0.25, 0.3) is 10.9 Å². The average molecular weight is 477 g/mol. The molecule has 0 amide bonds. The number of fused-ring (bicyclic) bond motifs is 1.